The molecule has 0 saturated carbocycles. The quantitative estimate of drug-likeness (QED) is 0.0950. The van der Waals surface area contributed by atoms with Crippen LogP contribution in [0.1, 0.15) is 46.0 Å². The molecule has 4 atom stereocenters. The standard InChI is InChI=1S/C19H35N5O7S/c1-10(2)15(24-16(27)11(21)5-3-4-8-20)18(29)23-13(9-32)17(28)22-12(19(30)31)6-7-14(25)26/h10-13,15,32H,3-9,20-21H2,1-2H3,(H,22,28)(H,23,29)(H,24,27)(H,25,26)(H,30,31). The van der Waals surface area contributed by atoms with E-state index >= 15 is 0 Å². The minimum Gasteiger partial charge on any atom is -0.481 e. The Morgan fingerprint density at radius 1 is 0.875 bits per heavy atom. The molecule has 4 unspecified atom stereocenters. The van der Waals surface area contributed by atoms with E-state index in [9.17, 15) is 29.1 Å². The van der Waals surface area contributed by atoms with Gasteiger partial charge in [0.2, 0.25) is 17.7 Å². The zero-order chi connectivity index (χ0) is 24.8. The molecule has 0 aliphatic heterocycles. The number of thiol groups is 1. The van der Waals surface area contributed by atoms with Crippen molar-refractivity contribution >= 4 is 42.3 Å². The first-order valence-corrected chi connectivity index (χ1v) is 11.0. The van der Waals surface area contributed by atoms with Crippen molar-refractivity contribution in [2.45, 2.75) is 70.1 Å². The molecular weight excluding hydrogens is 442 g/mol. The summed E-state index contributed by atoms with van der Waals surface area (Å²) in [5.41, 5.74) is 11.3. The molecule has 0 aromatic heterocycles. The molecule has 0 bridgehead atoms. The number of nitrogens with one attached hydrogen (secondary N) is 3. The molecule has 0 heterocycles. The summed E-state index contributed by atoms with van der Waals surface area (Å²) >= 11 is 4.02. The minimum absolute atomic E-state index is 0.153. The fraction of sp³-hybridized carbons (Fsp3) is 0.737. The van der Waals surface area contributed by atoms with Gasteiger partial charge >= 0.3 is 11.9 Å². The molecule has 9 N–H and O–H groups in total. The number of carboxylic acids is 2. The van der Waals surface area contributed by atoms with Crippen LogP contribution in [-0.4, -0.2) is 76.3 Å². The monoisotopic (exact) mass is 477 g/mol. The molecule has 0 spiro atoms. The second kappa shape index (κ2) is 15.4. The van der Waals surface area contributed by atoms with Crippen LogP contribution in [0.25, 0.3) is 0 Å². The fourth-order valence-corrected chi connectivity index (χ4v) is 2.95. The second-order valence-electron chi connectivity index (χ2n) is 7.70. The van der Waals surface area contributed by atoms with E-state index in [2.05, 4.69) is 28.6 Å². The van der Waals surface area contributed by atoms with E-state index in [4.69, 9.17) is 16.6 Å². The normalized spacial score (nSPS) is 14.7. The van der Waals surface area contributed by atoms with Gasteiger partial charge in [0.25, 0.3) is 0 Å². The number of amides is 3. The molecule has 0 saturated heterocycles. The van der Waals surface area contributed by atoms with Crippen LogP contribution in [0, 0.1) is 5.92 Å². The van der Waals surface area contributed by atoms with Crippen LogP contribution in [0.5, 0.6) is 0 Å². The fourth-order valence-electron chi connectivity index (χ4n) is 2.69. The Hall–Kier alpha value is -2.38. The molecule has 0 aliphatic carbocycles. The van der Waals surface area contributed by atoms with Crippen molar-refractivity contribution in [2.24, 2.45) is 17.4 Å². The number of hydrogen-bond acceptors (Lipinski definition) is 8. The predicted octanol–water partition coefficient (Wildman–Crippen LogP) is -1.57. The molecule has 12 nitrogen and oxygen atoms in total. The Morgan fingerprint density at radius 2 is 1.47 bits per heavy atom. The largest absolute Gasteiger partial charge is 0.481 e. The predicted molar refractivity (Wildman–Crippen MR) is 120 cm³/mol. The SMILES string of the molecule is CC(C)C(NC(=O)C(N)CCCCN)C(=O)NC(CS)C(=O)NC(CCC(=O)O)C(=O)O. The Kier molecular flexibility index (Phi) is 14.3. The third-order valence-electron chi connectivity index (χ3n) is 4.63. The van der Waals surface area contributed by atoms with Crippen LogP contribution >= 0.6 is 12.6 Å². The summed E-state index contributed by atoms with van der Waals surface area (Å²) < 4.78 is 0. The average Bonchev–Trinajstić information content (AvgIpc) is 2.71. The van der Waals surface area contributed by atoms with E-state index in [0.29, 0.717) is 19.4 Å². The zero-order valence-electron chi connectivity index (χ0n) is 18.4. The molecule has 0 rings (SSSR count). The first kappa shape index (κ1) is 29.6. The van der Waals surface area contributed by atoms with Crippen molar-refractivity contribution in [3.05, 3.63) is 0 Å². The van der Waals surface area contributed by atoms with Crippen LogP contribution in [-0.2, 0) is 24.0 Å². The molecule has 13 heteroatoms. The van der Waals surface area contributed by atoms with Gasteiger partial charge in [-0.1, -0.05) is 20.3 Å². The van der Waals surface area contributed by atoms with Gasteiger partial charge in [0.1, 0.15) is 18.1 Å². The van der Waals surface area contributed by atoms with Crippen LogP contribution in [0.4, 0.5) is 0 Å². The van der Waals surface area contributed by atoms with Gasteiger partial charge in [-0.05, 0) is 31.7 Å². The van der Waals surface area contributed by atoms with Gasteiger partial charge in [0, 0.05) is 12.2 Å². The molecule has 3 amide bonds. The van der Waals surface area contributed by atoms with Crippen molar-refractivity contribution < 1.29 is 34.2 Å². The zero-order valence-corrected chi connectivity index (χ0v) is 19.3. The third kappa shape index (κ3) is 11.3. The van der Waals surface area contributed by atoms with Crippen molar-refractivity contribution in [2.75, 3.05) is 12.3 Å². The average molecular weight is 478 g/mol. The number of aliphatic carboxylic acids is 2. The summed E-state index contributed by atoms with van der Waals surface area (Å²) in [5.74, 6) is -5.10. The van der Waals surface area contributed by atoms with Gasteiger partial charge in [-0.25, -0.2) is 4.79 Å². The second-order valence-corrected chi connectivity index (χ2v) is 8.06. The topological polar surface area (TPSA) is 214 Å². The van der Waals surface area contributed by atoms with Crippen LogP contribution in [0.3, 0.4) is 0 Å². The van der Waals surface area contributed by atoms with Gasteiger partial charge in [0.05, 0.1) is 6.04 Å². The highest BCUT2D eigenvalue weighted by atomic mass is 32.1. The molecule has 32 heavy (non-hydrogen) atoms. The van der Waals surface area contributed by atoms with Gasteiger partial charge < -0.3 is 37.6 Å². The first-order valence-electron chi connectivity index (χ1n) is 10.4. The number of carboxylic acid groups (broad SMARTS) is 2. The van der Waals surface area contributed by atoms with E-state index in [1.54, 1.807) is 13.8 Å². The van der Waals surface area contributed by atoms with E-state index in [-0.39, 0.29) is 18.1 Å². The molecule has 0 aromatic carbocycles. The summed E-state index contributed by atoms with van der Waals surface area (Å²) in [7, 11) is 0. The maximum atomic E-state index is 12.7. The third-order valence-corrected chi connectivity index (χ3v) is 5.00. The van der Waals surface area contributed by atoms with Crippen molar-refractivity contribution in [1.82, 2.24) is 16.0 Å². The summed E-state index contributed by atoms with van der Waals surface area (Å²) in [5, 5.41) is 25.1. The Morgan fingerprint density at radius 3 is 1.94 bits per heavy atom. The van der Waals surface area contributed by atoms with Crippen molar-refractivity contribution in [1.29, 1.82) is 0 Å². The van der Waals surface area contributed by atoms with Crippen LogP contribution < -0.4 is 27.4 Å². The summed E-state index contributed by atoms with van der Waals surface area (Å²) in [6.07, 6.45) is 1.01. The molecule has 184 valence electrons. The minimum atomic E-state index is -1.44. The Bertz CT molecular complexity index is 662. The van der Waals surface area contributed by atoms with Gasteiger partial charge in [-0.2, -0.15) is 12.6 Å². The maximum Gasteiger partial charge on any atom is 0.326 e. The number of rotatable bonds is 16. The lowest BCUT2D eigenvalue weighted by Crippen LogP contribution is -2.58. The molecule has 0 fully saturated rings. The van der Waals surface area contributed by atoms with E-state index in [1.165, 1.54) is 0 Å². The number of nitrogens with two attached hydrogens (primary N) is 2. The lowest BCUT2D eigenvalue weighted by atomic mass is 10.0. The first-order chi connectivity index (χ1) is 14.9. The maximum absolute atomic E-state index is 12.7. The Balaban J connectivity index is 5.08. The highest BCUT2D eigenvalue weighted by Crippen LogP contribution is 2.06. The molecule has 0 aliphatic rings. The lowest BCUT2D eigenvalue weighted by Gasteiger charge is -2.26. The molecular formula is C19H35N5O7S. The number of carbonyl (C=O) groups is 5. The number of unbranched alkanes of at least 4 members (excludes halogenated alkanes) is 1. The van der Waals surface area contributed by atoms with Gasteiger partial charge in [0.15, 0.2) is 0 Å². The van der Waals surface area contributed by atoms with Crippen molar-refractivity contribution in [3.63, 3.8) is 0 Å². The summed E-state index contributed by atoms with van der Waals surface area (Å²) in [6.45, 7) is 3.89. The van der Waals surface area contributed by atoms with Crippen LogP contribution in [0.2, 0.25) is 0 Å². The lowest BCUT2D eigenvalue weighted by molar-refractivity contribution is -0.143. The highest BCUT2D eigenvalue weighted by molar-refractivity contribution is 7.80. The summed E-state index contributed by atoms with van der Waals surface area (Å²) in [4.78, 5) is 59.4. The number of hydrogen-bond donors (Lipinski definition) is 8. The van der Waals surface area contributed by atoms with Crippen LogP contribution in [0.15, 0.2) is 0 Å². The summed E-state index contributed by atoms with van der Waals surface area (Å²) in [6, 6.07) is -4.44. The molecule has 0 radical (unpaired) electrons. The highest BCUT2D eigenvalue weighted by Gasteiger charge is 2.31. The van der Waals surface area contributed by atoms with E-state index in [0.717, 1.165) is 6.42 Å². The smallest absolute Gasteiger partial charge is 0.326 e. The van der Waals surface area contributed by atoms with Crippen molar-refractivity contribution in [3.8, 4) is 0 Å². The number of carbonyl (C=O) groups excluding carboxylic acids is 3. The van der Waals surface area contributed by atoms with E-state index < -0.39 is 60.2 Å². The van der Waals surface area contributed by atoms with E-state index in [1.807, 2.05) is 0 Å². The van der Waals surface area contributed by atoms with Gasteiger partial charge in [-0.15, -0.1) is 0 Å². The van der Waals surface area contributed by atoms with Gasteiger partial charge in [-0.3, -0.25) is 19.2 Å². The molecule has 0 aromatic rings. The Labute approximate surface area is 192 Å².